The minimum atomic E-state index is 0.892. The van der Waals surface area contributed by atoms with Gasteiger partial charge in [-0.15, -0.1) is 0 Å². The maximum atomic E-state index is 5.34. The molecule has 0 unspecified atom stereocenters. The summed E-state index contributed by atoms with van der Waals surface area (Å²) in [6.45, 7) is 6.82. The van der Waals surface area contributed by atoms with Crippen molar-refractivity contribution in [2.45, 2.75) is 6.92 Å². The number of benzene rings is 7. The molecule has 0 atom stereocenters. The zero-order valence-electron chi connectivity index (χ0n) is 25.9. The summed E-state index contributed by atoms with van der Waals surface area (Å²) in [5.74, 6) is 0. The summed E-state index contributed by atoms with van der Waals surface area (Å²) in [5, 5.41) is 9.48. The molecule has 0 aliphatic rings. The first-order valence-corrected chi connectivity index (χ1v) is 16.1. The van der Waals surface area contributed by atoms with E-state index in [0.717, 1.165) is 27.3 Å². The van der Waals surface area contributed by atoms with Crippen molar-refractivity contribution in [3.05, 3.63) is 162 Å². The Kier molecular flexibility index (Phi) is 5.35. The molecule has 10 aromatic rings. The second-order valence-corrected chi connectivity index (χ2v) is 12.5. The molecule has 3 heterocycles. The molecule has 0 saturated heterocycles. The minimum absolute atomic E-state index is 0.892. The van der Waals surface area contributed by atoms with Gasteiger partial charge in [0.05, 0.1) is 27.8 Å². The minimum Gasteiger partial charge on any atom is -0.309 e. The molecular formula is C44H29N3. The van der Waals surface area contributed by atoms with Gasteiger partial charge in [0.25, 0.3) is 0 Å². The molecule has 3 aromatic heterocycles. The molecule has 0 amide bonds. The number of aryl methyl sites for hydroxylation is 1. The van der Waals surface area contributed by atoms with Crippen LogP contribution in [0.15, 0.2) is 151 Å². The molecule has 3 heteroatoms. The van der Waals surface area contributed by atoms with E-state index < -0.39 is 0 Å². The molecule has 0 bridgehead atoms. The van der Waals surface area contributed by atoms with Gasteiger partial charge in [-0.3, -0.25) is 4.40 Å². The van der Waals surface area contributed by atoms with Crippen molar-refractivity contribution in [2.75, 3.05) is 0 Å². The summed E-state index contributed by atoms with van der Waals surface area (Å²) in [4.78, 5) is 5.34. The molecule has 0 spiro atoms. The van der Waals surface area contributed by atoms with Crippen LogP contribution in [0.2, 0.25) is 0 Å². The summed E-state index contributed by atoms with van der Waals surface area (Å²) in [5.41, 5.74) is 11.3. The smallest absolute Gasteiger partial charge is 0.145 e. The van der Waals surface area contributed by atoms with Crippen molar-refractivity contribution < 1.29 is 0 Å². The van der Waals surface area contributed by atoms with E-state index >= 15 is 0 Å². The van der Waals surface area contributed by atoms with E-state index in [2.05, 4.69) is 168 Å². The highest BCUT2D eigenvalue weighted by Crippen LogP contribution is 2.38. The molecule has 0 saturated carbocycles. The van der Waals surface area contributed by atoms with Crippen LogP contribution in [0.3, 0.4) is 0 Å². The Balaban J connectivity index is 1.25. The lowest BCUT2D eigenvalue weighted by molar-refractivity contribution is 1.11. The molecule has 0 aliphatic carbocycles. The van der Waals surface area contributed by atoms with Crippen LogP contribution in [0.5, 0.6) is 0 Å². The van der Waals surface area contributed by atoms with Crippen molar-refractivity contribution in [2.24, 2.45) is 4.99 Å². The SMILES string of the molecule is C=c1c(=Nc2ccc3ccccc3c2C)n2c3ccccc3c3cc(-c4ccc5c(c4)c4ccccc4n5-c4ccccc4)cc1c32. The molecule has 0 radical (unpaired) electrons. The molecule has 0 fully saturated rings. The van der Waals surface area contributed by atoms with Gasteiger partial charge in [-0.1, -0.05) is 97.6 Å². The first-order valence-electron chi connectivity index (χ1n) is 16.1. The van der Waals surface area contributed by atoms with Crippen molar-refractivity contribution in [3.63, 3.8) is 0 Å². The standard InChI is InChI=1S/C44H29N3/c1-27-33-15-7-6-12-29(33)20-22-39(27)45-44-28(2)36-25-31(26-38-35-17-9-11-19-41(35)47(44)43(36)38)30-21-23-42-37(24-30)34-16-8-10-18-40(34)46(42)32-13-4-3-5-14-32/h3-26H,2H2,1H3. The first-order chi connectivity index (χ1) is 23.2. The first kappa shape index (κ1) is 26.1. The Morgan fingerprint density at radius 3 is 1.98 bits per heavy atom. The maximum absolute atomic E-state index is 5.34. The largest absolute Gasteiger partial charge is 0.309 e. The zero-order valence-corrected chi connectivity index (χ0v) is 25.9. The molecule has 0 N–H and O–H groups in total. The van der Waals surface area contributed by atoms with Gasteiger partial charge in [-0.25, -0.2) is 4.99 Å². The van der Waals surface area contributed by atoms with E-state index in [1.807, 2.05) is 0 Å². The van der Waals surface area contributed by atoms with Gasteiger partial charge in [0.2, 0.25) is 0 Å². The van der Waals surface area contributed by atoms with Gasteiger partial charge in [0.1, 0.15) is 5.49 Å². The number of aromatic nitrogens is 2. The van der Waals surface area contributed by atoms with Gasteiger partial charge in [0, 0.05) is 37.8 Å². The summed E-state index contributed by atoms with van der Waals surface area (Å²) < 4.78 is 4.68. The molecule has 7 aromatic carbocycles. The Morgan fingerprint density at radius 1 is 0.511 bits per heavy atom. The lowest BCUT2D eigenvalue weighted by Gasteiger charge is -2.08. The second kappa shape index (κ2) is 9.65. The van der Waals surface area contributed by atoms with Crippen LogP contribution in [0.1, 0.15) is 5.56 Å². The van der Waals surface area contributed by atoms with Gasteiger partial charge < -0.3 is 4.57 Å². The Labute approximate surface area is 270 Å². The van der Waals surface area contributed by atoms with E-state index in [1.165, 1.54) is 71.2 Å². The third-order valence-electron chi connectivity index (χ3n) is 9.99. The topological polar surface area (TPSA) is 21.7 Å². The number of rotatable bonds is 3. The fourth-order valence-electron chi connectivity index (χ4n) is 7.75. The highest BCUT2D eigenvalue weighted by atomic mass is 15.0. The predicted octanol–water partition coefficient (Wildman–Crippen LogP) is 10.3. The summed E-state index contributed by atoms with van der Waals surface area (Å²) >= 11 is 0. The van der Waals surface area contributed by atoms with Gasteiger partial charge in [-0.2, -0.15) is 0 Å². The predicted molar refractivity (Wildman–Crippen MR) is 198 cm³/mol. The monoisotopic (exact) mass is 599 g/mol. The van der Waals surface area contributed by atoms with E-state index in [-0.39, 0.29) is 0 Å². The lowest BCUT2D eigenvalue weighted by atomic mass is 9.98. The molecule has 47 heavy (non-hydrogen) atoms. The van der Waals surface area contributed by atoms with Crippen LogP contribution in [-0.4, -0.2) is 8.97 Å². The van der Waals surface area contributed by atoms with Gasteiger partial charge >= 0.3 is 0 Å². The Bertz CT molecular complexity index is 2980. The van der Waals surface area contributed by atoms with Crippen LogP contribution in [0, 0.1) is 6.92 Å². The van der Waals surface area contributed by atoms with E-state index in [4.69, 9.17) is 4.99 Å². The number of fused-ring (bicyclic) bond motifs is 7. The van der Waals surface area contributed by atoms with Crippen LogP contribution >= 0.6 is 0 Å². The van der Waals surface area contributed by atoms with Crippen molar-refractivity contribution in [1.82, 2.24) is 8.97 Å². The summed E-state index contributed by atoms with van der Waals surface area (Å²) in [7, 11) is 0. The van der Waals surface area contributed by atoms with E-state index in [9.17, 15) is 0 Å². The lowest BCUT2D eigenvalue weighted by Crippen LogP contribution is -2.24. The second-order valence-electron chi connectivity index (χ2n) is 12.5. The van der Waals surface area contributed by atoms with Gasteiger partial charge in [-0.05, 0) is 89.0 Å². The Hall–Kier alpha value is -6.19. The molecule has 220 valence electrons. The number of nitrogens with zero attached hydrogens (tertiary/aromatic N) is 3. The average molecular weight is 600 g/mol. The zero-order chi connectivity index (χ0) is 31.2. The average Bonchev–Trinajstić information content (AvgIpc) is 3.73. The molecule has 0 aliphatic heterocycles. The fraction of sp³-hybridized carbons (Fsp3) is 0.0227. The van der Waals surface area contributed by atoms with Crippen molar-refractivity contribution in [3.8, 4) is 16.8 Å². The Morgan fingerprint density at radius 2 is 1.15 bits per heavy atom. The van der Waals surface area contributed by atoms with E-state index in [1.54, 1.807) is 0 Å². The van der Waals surface area contributed by atoms with Crippen LogP contribution in [0.4, 0.5) is 5.69 Å². The fourth-order valence-corrected chi connectivity index (χ4v) is 7.75. The van der Waals surface area contributed by atoms with E-state index in [0.29, 0.717) is 0 Å². The number of hydrogen-bond acceptors (Lipinski definition) is 1. The third kappa shape index (κ3) is 3.65. The number of para-hydroxylation sites is 3. The quantitative estimate of drug-likeness (QED) is 0.193. The third-order valence-corrected chi connectivity index (χ3v) is 9.99. The summed E-state index contributed by atoms with van der Waals surface area (Å²) in [6.07, 6.45) is 0. The highest BCUT2D eigenvalue weighted by molar-refractivity contribution is 6.16. The van der Waals surface area contributed by atoms with Gasteiger partial charge in [0.15, 0.2) is 0 Å². The number of hydrogen-bond donors (Lipinski definition) is 0. The van der Waals surface area contributed by atoms with Crippen molar-refractivity contribution >= 4 is 72.0 Å². The summed E-state index contributed by atoms with van der Waals surface area (Å²) in [6, 6.07) is 52.4. The maximum Gasteiger partial charge on any atom is 0.145 e. The molecule has 10 rings (SSSR count). The normalized spacial score (nSPS) is 12.6. The highest BCUT2D eigenvalue weighted by Gasteiger charge is 2.19. The molecular weight excluding hydrogens is 571 g/mol. The van der Waals surface area contributed by atoms with Crippen LogP contribution < -0.4 is 10.7 Å². The van der Waals surface area contributed by atoms with Crippen molar-refractivity contribution in [1.29, 1.82) is 0 Å². The van der Waals surface area contributed by atoms with Crippen LogP contribution in [-0.2, 0) is 0 Å². The van der Waals surface area contributed by atoms with Crippen LogP contribution in [0.25, 0.3) is 83.2 Å². The molecule has 3 nitrogen and oxygen atoms in total.